The maximum atomic E-state index is 6.11. The van der Waals surface area contributed by atoms with Crippen molar-refractivity contribution in [3.05, 3.63) is 45.9 Å². The molecule has 140 valence electrons. The van der Waals surface area contributed by atoms with Crippen LogP contribution in [0, 0.1) is 0 Å². The fourth-order valence-corrected chi connectivity index (χ4v) is 5.48. The Morgan fingerprint density at radius 1 is 1.04 bits per heavy atom. The van der Waals surface area contributed by atoms with Gasteiger partial charge in [0.15, 0.2) is 5.13 Å². The molecule has 1 aromatic heterocycles. The number of rotatable bonds is 6. The quantitative estimate of drug-likeness (QED) is 0.701. The Morgan fingerprint density at radius 3 is 2.50 bits per heavy atom. The Bertz CT molecular complexity index is 700. The van der Waals surface area contributed by atoms with Crippen LogP contribution >= 0.6 is 22.9 Å². The summed E-state index contributed by atoms with van der Waals surface area (Å²) in [6.07, 6.45) is 9.02. The van der Waals surface area contributed by atoms with E-state index >= 15 is 0 Å². The average molecular weight is 390 g/mol. The van der Waals surface area contributed by atoms with Gasteiger partial charge in [0.1, 0.15) is 0 Å². The molecule has 0 amide bonds. The minimum Gasteiger partial charge on any atom is -0.360 e. The Kier molecular flexibility index (Phi) is 5.82. The van der Waals surface area contributed by atoms with Crippen LogP contribution in [0.4, 0.5) is 5.13 Å². The molecule has 1 saturated carbocycles. The molecule has 1 saturated heterocycles. The second kappa shape index (κ2) is 8.28. The van der Waals surface area contributed by atoms with Gasteiger partial charge in [-0.1, -0.05) is 43.0 Å². The molecule has 1 aliphatic carbocycles. The van der Waals surface area contributed by atoms with Crippen LogP contribution in [0.3, 0.4) is 0 Å². The monoisotopic (exact) mass is 389 g/mol. The smallest absolute Gasteiger partial charge is 0.182 e. The summed E-state index contributed by atoms with van der Waals surface area (Å²) < 4.78 is 0. The summed E-state index contributed by atoms with van der Waals surface area (Å²) in [7, 11) is 0. The molecule has 26 heavy (non-hydrogen) atoms. The zero-order valence-corrected chi connectivity index (χ0v) is 16.9. The molecular weight excluding hydrogens is 362 g/mol. The third-order valence-electron chi connectivity index (χ3n) is 6.00. The molecule has 1 aromatic carbocycles. The first-order valence-electron chi connectivity index (χ1n) is 9.95. The Balaban J connectivity index is 1.44. The average Bonchev–Trinajstić information content (AvgIpc) is 3.33. The summed E-state index contributed by atoms with van der Waals surface area (Å²) in [6.45, 7) is 4.62. The minimum absolute atomic E-state index is 0.0773. The van der Waals surface area contributed by atoms with Gasteiger partial charge in [-0.15, -0.1) is 11.3 Å². The lowest BCUT2D eigenvalue weighted by Crippen LogP contribution is -2.33. The Labute approximate surface area is 165 Å². The van der Waals surface area contributed by atoms with Crippen molar-refractivity contribution >= 4 is 28.1 Å². The van der Waals surface area contributed by atoms with Crippen molar-refractivity contribution in [1.29, 1.82) is 0 Å². The lowest BCUT2D eigenvalue weighted by molar-refractivity contribution is 0.237. The molecule has 1 N–H and O–H groups in total. The molecule has 3 nitrogen and oxygen atoms in total. The van der Waals surface area contributed by atoms with Crippen LogP contribution in [0.25, 0.3) is 0 Å². The first kappa shape index (κ1) is 18.3. The highest BCUT2D eigenvalue weighted by atomic mass is 35.5. The molecule has 1 aliphatic heterocycles. The van der Waals surface area contributed by atoms with E-state index in [4.69, 9.17) is 16.6 Å². The highest BCUT2D eigenvalue weighted by Gasteiger charge is 2.39. The van der Waals surface area contributed by atoms with Crippen molar-refractivity contribution in [2.75, 3.05) is 31.5 Å². The summed E-state index contributed by atoms with van der Waals surface area (Å²) in [4.78, 5) is 7.57. The number of hydrogen-bond acceptors (Lipinski definition) is 4. The standard InChI is InChI=1S/C21H28ClN3S/c22-18-8-6-17(7-9-18)21(10-2-3-11-21)19-16-26-20(24-19)23-12-15-25-13-4-1-5-14-25/h6-9,16H,1-5,10-15H2,(H,23,24). The van der Waals surface area contributed by atoms with Crippen LogP contribution in [-0.4, -0.2) is 36.1 Å². The van der Waals surface area contributed by atoms with Crippen LogP contribution in [-0.2, 0) is 5.41 Å². The number of nitrogens with one attached hydrogen (secondary N) is 1. The van der Waals surface area contributed by atoms with E-state index in [0.717, 1.165) is 23.2 Å². The van der Waals surface area contributed by atoms with Crippen LogP contribution < -0.4 is 5.32 Å². The van der Waals surface area contributed by atoms with E-state index < -0.39 is 0 Å². The molecule has 0 unspecified atom stereocenters. The first-order valence-corrected chi connectivity index (χ1v) is 11.2. The van der Waals surface area contributed by atoms with Gasteiger partial charge in [-0.2, -0.15) is 0 Å². The van der Waals surface area contributed by atoms with Gasteiger partial charge in [0.25, 0.3) is 0 Å². The Hall–Kier alpha value is -1.10. The fraction of sp³-hybridized carbons (Fsp3) is 0.571. The zero-order valence-electron chi connectivity index (χ0n) is 15.3. The van der Waals surface area contributed by atoms with Gasteiger partial charge < -0.3 is 10.2 Å². The number of aromatic nitrogens is 1. The molecule has 2 fully saturated rings. The molecule has 5 heteroatoms. The Morgan fingerprint density at radius 2 is 1.77 bits per heavy atom. The number of benzene rings is 1. The van der Waals surface area contributed by atoms with Gasteiger partial charge in [0.05, 0.1) is 5.69 Å². The van der Waals surface area contributed by atoms with Gasteiger partial charge >= 0.3 is 0 Å². The second-order valence-electron chi connectivity index (χ2n) is 7.66. The first-order chi connectivity index (χ1) is 12.8. The number of nitrogens with zero attached hydrogens (tertiary/aromatic N) is 2. The third kappa shape index (κ3) is 3.92. The molecule has 2 aliphatic rings. The SMILES string of the molecule is Clc1ccc(C2(c3csc(NCCN4CCCCC4)n3)CCCC2)cc1. The van der Waals surface area contributed by atoms with Gasteiger partial charge in [-0.05, 0) is 56.5 Å². The predicted molar refractivity (Wildman–Crippen MR) is 112 cm³/mol. The molecular formula is C21H28ClN3S. The van der Waals surface area contributed by atoms with E-state index in [0.29, 0.717) is 0 Å². The van der Waals surface area contributed by atoms with Crippen LogP contribution in [0.15, 0.2) is 29.6 Å². The molecule has 0 radical (unpaired) electrons. The largest absolute Gasteiger partial charge is 0.360 e. The summed E-state index contributed by atoms with van der Waals surface area (Å²) in [5.74, 6) is 0. The maximum Gasteiger partial charge on any atom is 0.182 e. The number of hydrogen-bond donors (Lipinski definition) is 1. The van der Waals surface area contributed by atoms with E-state index in [1.807, 2.05) is 12.1 Å². The molecule has 4 rings (SSSR count). The third-order valence-corrected chi connectivity index (χ3v) is 7.05. The van der Waals surface area contributed by atoms with Crippen molar-refractivity contribution in [1.82, 2.24) is 9.88 Å². The number of halogens is 1. The van der Waals surface area contributed by atoms with Crippen LogP contribution in [0.2, 0.25) is 5.02 Å². The van der Waals surface area contributed by atoms with Gasteiger partial charge in [-0.25, -0.2) is 4.98 Å². The van der Waals surface area contributed by atoms with E-state index in [9.17, 15) is 0 Å². The zero-order chi connectivity index (χ0) is 17.8. The van der Waals surface area contributed by atoms with E-state index in [2.05, 4.69) is 27.7 Å². The van der Waals surface area contributed by atoms with Crippen molar-refractivity contribution in [3.63, 3.8) is 0 Å². The summed E-state index contributed by atoms with van der Waals surface area (Å²) in [5.41, 5.74) is 2.68. The van der Waals surface area contributed by atoms with Crippen molar-refractivity contribution in [2.24, 2.45) is 0 Å². The molecule has 0 spiro atoms. The highest BCUT2D eigenvalue weighted by molar-refractivity contribution is 7.13. The van der Waals surface area contributed by atoms with Crippen LogP contribution in [0.1, 0.15) is 56.2 Å². The predicted octanol–water partition coefficient (Wildman–Crippen LogP) is 5.55. The number of likely N-dealkylation sites (tertiary alicyclic amines) is 1. The van der Waals surface area contributed by atoms with Crippen molar-refractivity contribution in [3.8, 4) is 0 Å². The lowest BCUT2D eigenvalue weighted by atomic mass is 9.76. The summed E-state index contributed by atoms with van der Waals surface area (Å²) in [5, 5.41) is 7.70. The van der Waals surface area contributed by atoms with Gasteiger partial charge in [0.2, 0.25) is 0 Å². The molecule has 0 atom stereocenters. The molecule has 0 bridgehead atoms. The summed E-state index contributed by atoms with van der Waals surface area (Å²) >= 11 is 7.86. The fourth-order valence-electron chi connectivity index (χ4n) is 4.52. The van der Waals surface area contributed by atoms with E-state index in [1.165, 1.54) is 69.3 Å². The molecule has 2 heterocycles. The van der Waals surface area contributed by atoms with Crippen LogP contribution in [0.5, 0.6) is 0 Å². The number of thiazole rings is 1. The van der Waals surface area contributed by atoms with Crippen molar-refractivity contribution < 1.29 is 0 Å². The topological polar surface area (TPSA) is 28.2 Å². The normalized spacial score (nSPS) is 20.3. The van der Waals surface area contributed by atoms with Gasteiger partial charge in [0, 0.05) is 28.9 Å². The number of anilines is 1. The van der Waals surface area contributed by atoms with Gasteiger partial charge in [-0.3, -0.25) is 0 Å². The van der Waals surface area contributed by atoms with E-state index in [-0.39, 0.29) is 5.41 Å². The highest BCUT2D eigenvalue weighted by Crippen LogP contribution is 2.47. The number of piperidine rings is 1. The second-order valence-corrected chi connectivity index (χ2v) is 8.96. The lowest BCUT2D eigenvalue weighted by Gasteiger charge is -2.28. The molecule has 2 aromatic rings. The maximum absolute atomic E-state index is 6.11. The minimum atomic E-state index is 0.0773. The van der Waals surface area contributed by atoms with E-state index in [1.54, 1.807) is 11.3 Å². The summed E-state index contributed by atoms with van der Waals surface area (Å²) in [6, 6.07) is 8.41. The van der Waals surface area contributed by atoms with Crippen molar-refractivity contribution in [2.45, 2.75) is 50.4 Å².